The number of rotatable bonds is 4. The van der Waals surface area contributed by atoms with Gasteiger partial charge >= 0.3 is 64.5 Å². The van der Waals surface area contributed by atoms with Gasteiger partial charge in [-0.2, -0.15) is 0 Å². The van der Waals surface area contributed by atoms with Crippen LogP contribution < -0.4 is 56.7 Å². The van der Waals surface area contributed by atoms with E-state index in [-0.39, 0.29) is 58.0 Å². The molecule has 0 heterocycles. The minimum atomic E-state index is -5.02. The molecule has 0 spiro atoms. The zero-order valence-corrected chi connectivity index (χ0v) is 12.5. The number of carbonyl (C=O) groups is 1. The quantitative estimate of drug-likeness (QED) is 0.736. The van der Waals surface area contributed by atoms with Crippen molar-refractivity contribution in [2.75, 3.05) is 6.44 Å². The van der Waals surface area contributed by atoms with Gasteiger partial charge in [-0.25, -0.2) is 4.79 Å². The first-order valence-corrected chi connectivity index (χ1v) is 4.63. The van der Waals surface area contributed by atoms with E-state index in [1.165, 1.54) is 0 Å². The smallest absolute Gasteiger partial charge is 0.448 e. The number of amides is 1. The molecule has 17 heavy (non-hydrogen) atoms. The Morgan fingerprint density at radius 3 is 2.35 bits per heavy atom. The fourth-order valence-corrected chi connectivity index (χ4v) is 0.973. The van der Waals surface area contributed by atoms with Crippen molar-refractivity contribution in [1.29, 1.82) is 0 Å². The second-order valence-electron chi connectivity index (χ2n) is 3.15. The summed E-state index contributed by atoms with van der Waals surface area (Å²) < 4.78 is 39.9. The van der Waals surface area contributed by atoms with E-state index in [1.807, 2.05) is 0 Å². The number of nitrogens with one attached hydrogen (secondary N) is 1. The van der Waals surface area contributed by atoms with Crippen molar-refractivity contribution in [1.82, 2.24) is 5.32 Å². The van der Waals surface area contributed by atoms with E-state index in [0.29, 0.717) is 0 Å². The molecule has 0 saturated heterocycles. The van der Waals surface area contributed by atoms with Crippen LogP contribution in [0.1, 0.15) is 5.56 Å². The number of alkyl carbamates (subject to hydrolysis) is 1. The first-order valence-electron chi connectivity index (χ1n) is 4.63. The largest absolute Gasteiger partial charge is 1.00 e. The molecule has 1 aromatic rings. The molecule has 0 bridgehead atoms. The predicted molar refractivity (Wildman–Crippen MR) is 53.7 cm³/mol. The van der Waals surface area contributed by atoms with Crippen LogP contribution in [-0.2, 0) is 11.3 Å². The van der Waals surface area contributed by atoms with Gasteiger partial charge in [-0.05, 0) is 12.0 Å². The van der Waals surface area contributed by atoms with E-state index in [0.717, 1.165) is 5.56 Å². The monoisotopic (exact) mass is 271 g/mol. The first kappa shape index (κ1) is 17.0. The number of ether oxygens (including phenoxy) is 1. The molecule has 1 aromatic carbocycles. The van der Waals surface area contributed by atoms with Gasteiger partial charge in [0.1, 0.15) is 6.61 Å². The Balaban J connectivity index is 0.00000256. The Morgan fingerprint density at radius 2 is 1.82 bits per heavy atom. The topological polar surface area (TPSA) is 38.3 Å². The van der Waals surface area contributed by atoms with Crippen LogP contribution in [0.2, 0.25) is 0 Å². The zero-order chi connectivity index (χ0) is 12.0. The van der Waals surface area contributed by atoms with Crippen LogP contribution in [0.15, 0.2) is 30.3 Å². The maximum Gasteiger partial charge on any atom is 1.00 e. The Kier molecular flexibility index (Phi) is 8.14. The normalized spacial score (nSPS) is 10.3. The summed E-state index contributed by atoms with van der Waals surface area (Å²) >= 11 is 0. The number of hydrogen-bond acceptors (Lipinski definition) is 2. The van der Waals surface area contributed by atoms with Gasteiger partial charge in [0.25, 0.3) is 0 Å². The van der Waals surface area contributed by atoms with E-state index in [4.69, 9.17) is 0 Å². The molecule has 0 atom stereocenters. The third kappa shape index (κ3) is 8.67. The minimum absolute atomic E-state index is 0. The Hall–Kier alpha value is -0.0187. The van der Waals surface area contributed by atoms with E-state index >= 15 is 0 Å². The Bertz CT molecular complexity index is 348. The van der Waals surface area contributed by atoms with E-state index in [1.54, 1.807) is 35.6 Å². The van der Waals surface area contributed by atoms with E-state index < -0.39 is 19.5 Å². The molecular formula is C9H10BF3KNO2. The summed E-state index contributed by atoms with van der Waals surface area (Å²) in [6.45, 7) is -5.06. The average molecular weight is 271 g/mol. The van der Waals surface area contributed by atoms with E-state index in [9.17, 15) is 17.7 Å². The molecule has 3 nitrogen and oxygen atoms in total. The fourth-order valence-electron chi connectivity index (χ4n) is 0.973. The molecule has 1 amide bonds. The molecule has 1 N–H and O–H groups in total. The fraction of sp³-hybridized carbons (Fsp3) is 0.222. The van der Waals surface area contributed by atoms with Gasteiger partial charge < -0.3 is 23.0 Å². The van der Waals surface area contributed by atoms with Crippen molar-refractivity contribution in [3.05, 3.63) is 35.9 Å². The molecule has 0 aliphatic heterocycles. The molecule has 8 heteroatoms. The van der Waals surface area contributed by atoms with Crippen LogP contribution >= 0.6 is 0 Å². The zero-order valence-electron chi connectivity index (χ0n) is 9.33. The van der Waals surface area contributed by atoms with Crippen molar-refractivity contribution in [3.63, 3.8) is 0 Å². The summed E-state index contributed by atoms with van der Waals surface area (Å²) in [5, 5.41) is 1.63. The summed E-state index contributed by atoms with van der Waals surface area (Å²) in [7, 11) is 0. The van der Waals surface area contributed by atoms with Gasteiger partial charge in [0.15, 0.2) is 0 Å². The van der Waals surface area contributed by atoms with Gasteiger partial charge in [0, 0.05) is 0 Å². The van der Waals surface area contributed by atoms with Crippen molar-refractivity contribution in [3.8, 4) is 0 Å². The Morgan fingerprint density at radius 1 is 1.24 bits per heavy atom. The predicted octanol–water partition coefficient (Wildman–Crippen LogP) is -0.697. The second kappa shape index (κ2) is 8.15. The number of hydrogen-bond donors (Lipinski definition) is 1. The van der Waals surface area contributed by atoms with Crippen molar-refractivity contribution >= 4 is 13.1 Å². The van der Waals surface area contributed by atoms with Crippen LogP contribution in [0.5, 0.6) is 0 Å². The van der Waals surface area contributed by atoms with Crippen LogP contribution in [0.25, 0.3) is 0 Å². The van der Waals surface area contributed by atoms with Crippen LogP contribution in [0.3, 0.4) is 0 Å². The summed E-state index contributed by atoms with van der Waals surface area (Å²) in [4.78, 5) is 10.8. The molecule has 0 fully saturated rings. The minimum Gasteiger partial charge on any atom is -0.448 e. The van der Waals surface area contributed by atoms with Gasteiger partial charge in [0.2, 0.25) is 0 Å². The molecule has 0 radical (unpaired) electrons. The summed E-state index contributed by atoms with van der Waals surface area (Å²) in [6, 6.07) is 8.70. The van der Waals surface area contributed by atoms with Crippen molar-refractivity contribution in [2.24, 2.45) is 0 Å². The van der Waals surface area contributed by atoms with Gasteiger partial charge in [-0.15, -0.1) is 0 Å². The summed E-state index contributed by atoms with van der Waals surface area (Å²) in [5.74, 6) is 0. The summed E-state index contributed by atoms with van der Waals surface area (Å²) in [5.41, 5.74) is 0.718. The van der Waals surface area contributed by atoms with Gasteiger partial charge in [-0.1, -0.05) is 30.3 Å². The molecule has 0 saturated carbocycles. The standard InChI is InChI=1S/C9H10BF3NO2.K/c11-10(12,13)7-14-9(15)16-6-8-4-2-1-3-5-8;/h1-5H,6-7H2,(H,14,15);/q-1;+1. The van der Waals surface area contributed by atoms with Crippen LogP contribution in [-0.4, -0.2) is 19.5 Å². The maximum atomic E-state index is 11.8. The third-order valence-corrected chi connectivity index (χ3v) is 1.69. The number of halogens is 3. The van der Waals surface area contributed by atoms with Gasteiger partial charge in [-0.3, -0.25) is 0 Å². The molecule has 0 unspecified atom stereocenters. The van der Waals surface area contributed by atoms with Crippen LogP contribution in [0.4, 0.5) is 17.7 Å². The van der Waals surface area contributed by atoms with Crippen LogP contribution in [0, 0.1) is 0 Å². The van der Waals surface area contributed by atoms with Crippen molar-refractivity contribution < 1.29 is 73.9 Å². The molecule has 1 rings (SSSR count). The molecule has 0 aliphatic rings. The average Bonchev–Trinajstić information content (AvgIpc) is 2.24. The second-order valence-corrected chi connectivity index (χ2v) is 3.15. The molecule has 0 aliphatic carbocycles. The molecule has 88 valence electrons. The number of carbonyl (C=O) groups excluding carboxylic acids is 1. The maximum absolute atomic E-state index is 11.8. The summed E-state index contributed by atoms with van der Waals surface area (Å²) in [6.07, 6.45) is -2.39. The Labute approximate surface area is 140 Å². The molecular weight excluding hydrogens is 261 g/mol. The number of benzene rings is 1. The third-order valence-electron chi connectivity index (χ3n) is 1.69. The van der Waals surface area contributed by atoms with Crippen molar-refractivity contribution in [2.45, 2.75) is 6.61 Å². The van der Waals surface area contributed by atoms with E-state index in [2.05, 4.69) is 4.74 Å². The molecule has 0 aromatic heterocycles. The SMILES string of the molecule is O=C(NC[B-](F)(F)F)OCc1ccccc1.[K+]. The first-order chi connectivity index (χ1) is 7.47. The van der Waals surface area contributed by atoms with Gasteiger partial charge in [0.05, 0.1) is 0 Å².